The summed E-state index contributed by atoms with van der Waals surface area (Å²) in [5, 5.41) is 9.63. The van der Waals surface area contributed by atoms with Gasteiger partial charge < -0.3 is 10.1 Å². The number of carbonyl (C=O) groups is 2. The maximum absolute atomic E-state index is 12.4. The second kappa shape index (κ2) is 12.6. The van der Waals surface area contributed by atoms with Gasteiger partial charge in [-0.15, -0.1) is 0 Å². The minimum atomic E-state index is -0.364. The molecule has 0 saturated carbocycles. The number of halogens is 4. The van der Waals surface area contributed by atoms with Crippen molar-refractivity contribution in [1.82, 2.24) is 5.43 Å². The van der Waals surface area contributed by atoms with Crippen LogP contribution < -0.4 is 15.5 Å². The molecule has 2 amide bonds. The number of anilines is 1. The van der Waals surface area contributed by atoms with Crippen molar-refractivity contribution in [2.45, 2.75) is 6.42 Å². The standard InChI is InChI=1S/C27H19Br2Cl2N3O3/c28-21-10-16(14-32-34-25(35)12-18-6-3-5-17-4-1-2-7-20(17)18)11-22(29)27(21)37-15-26(36)33-19-8-9-23(30)24(31)13-19/h1-11,13-14H,12,15H2,(H,33,36)(H,34,35)/b32-14+. The molecule has 10 heteroatoms. The summed E-state index contributed by atoms with van der Waals surface area (Å²) in [5.41, 5.74) is 4.71. The summed E-state index contributed by atoms with van der Waals surface area (Å²) in [6.45, 7) is -0.227. The molecular weight excluding hydrogens is 645 g/mol. The van der Waals surface area contributed by atoms with Gasteiger partial charge in [0.25, 0.3) is 5.91 Å². The molecule has 0 radical (unpaired) electrons. The van der Waals surface area contributed by atoms with E-state index in [1.165, 1.54) is 6.21 Å². The molecule has 0 saturated heterocycles. The molecule has 0 bridgehead atoms. The molecule has 0 spiro atoms. The lowest BCUT2D eigenvalue weighted by Gasteiger charge is -2.12. The van der Waals surface area contributed by atoms with E-state index >= 15 is 0 Å². The third-order valence-electron chi connectivity index (χ3n) is 5.21. The number of hydrazone groups is 1. The third-order valence-corrected chi connectivity index (χ3v) is 7.12. The summed E-state index contributed by atoms with van der Waals surface area (Å²) in [5.74, 6) is -0.142. The van der Waals surface area contributed by atoms with Gasteiger partial charge in [0.15, 0.2) is 6.61 Å². The Kier molecular flexibility index (Phi) is 9.21. The smallest absolute Gasteiger partial charge is 0.262 e. The molecule has 4 aromatic carbocycles. The average molecular weight is 664 g/mol. The lowest BCUT2D eigenvalue weighted by Crippen LogP contribution is -2.20. The Labute approximate surface area is 240 Å². The van der Waals surface area contributed by atoms with Gasteiger partial charge in [-0.05, 0) is 84.1 Å². The van der Waals surface area contributed by atoms with Gasteiger partial charge in [-0.3, -0.25) is 9.59 Å². The Bertz CT molecular complexity index is 1480. The summed E-state index contributed by atoms with van der Waals surface area (Å²) >= 11 is 18.8. The Morgan fingerprint density at radius 3 is 2.38 bits per heavy atom. The zero-order chi connectivity index (χ0) is 26.4. The van der Waals surface area contributed by atoms with Crippen molar-refractivity contribution in [1.29, 1.82) is 0 Å². The molecule has 37 heavy (non-hydrogen) atoms. The number of nitrogens with one attached hydrogen (secondary N) is 2. The fourth-order valence-corrected chi connectivity index (χ4v) is 5.29. The first-order valence-electron chi connectivity index (χ1n) is 11.0. The van der Waals surface area contributed by atoms with Crippen molar-refractivity contribution in [2.24, 2.45) is 5.10 Å². The molecule has 4 aromatic rings. The summed E-state index contributed by atoms with van der Waals surface area (Å²) in [7, 11) is 0. The molecule has 188 valence electrons. The van der Waals surface area contributed by atoms with Crippen LogP contribution in [0.5, 0.6) is 5.75 Å². The van der Waals surface area contributed by atoms with E-state index in [1.807, 2.05) is 42.5 Å². The number of hydrogen-bond donors (Lipinski definition) is 2. The third kappa shape index (κ3) is 7.32. The SMILES string of the molecule is O=C(Cc1cccc2ccccc12)N/N=C/c1cc(Br)c(OCC(=O)Nc2ccc(Cl)c(Cl)c2)c(Br)c1. The van der Waals surface area contributed by atoms with Gasteiger partial charge in [-0.25, -0.2) is 5.43 Å². The fourth-order valence-electron chi connectivity index (χ4n) is 3.54. The van der Waals surface area contributed by atoms with Crippen LogP contribution >= 0.6 is 55.1 Å². The molecule has 6 nitrogen and oxygen atoms in total. The number of hydrogen-bond acceptors (Lipinski definition) is 4. The molecular formula is C27H19Br2Cl2N3O3. The fraction of sp³-hybridized carbons (Fsp3) is 0.0741. The molecule has 0 aliphatic heterocycles. The second-order valence-corrected chi connectivity index (χ2v) is 10.4. The largest absolute Gasteiger partial charge is 0.481 e. The predicted molar refractivity (Wildman–Crippen MR) is 156 cm³/mol. The number of fused-ring (bicyclic) bond motifs is 1. The van der Waals surface area contributed by atoms with Gasteiger partial charge >= 0.3 is 0 Å². The van der Waals surface area contributed by atoms with Gasteiger partial charge in [0.1, 0.15) is 5.75 Å². The molecule has 0 aliphatic rings. The molecule has 0 atom stereocenters. The van der Waals surface area contributed by atoms with Crippen LogP contribution in [0.4, 0.5) is 5.69 Å². The van der Waals surface area contributed by atoms with Gasteiger partial charge in [-0.1, -0.05) is 65.7 Å². The quantitative estimate of drug-likeness (QED) is 0.153. The number of carbonyl (C=O) groups excluding carboxylic acids is 2. The molecule has 2 N–H and O–H groups in total. The van der Waals surface area contributed by atoms with Crippen LogP contribution in [0.3, 0.4) is 0 Å². The van der Waals surface area contributed by atoms with E-state index in [-0.39, 0.29) is 24.8 Å². The Hall–Kier alpha value is -2.91. The number of nitrogens with zero attached hydrogens (tertiary/aromatic N) is 1. The van der Waals surface area contributed by atoms with E-state index < -0.39 is 0 Å². The van der Waals surface area contributed by atoms with Crippen molar-refractivity contribution in [3.63, 3.8) is 0 Å². The van der Waals surface area contributed by atoms with Crippen molar-refractivity contribution < 1.29 is 14.3 Å². The monoisotopic (exact) mass is 661 g/mol. The van der Waals surface area contributed by atoms with Gasteiger partial charge in [0.05, 0.1) is 31.6 Å². The van der Waals surface area contributed by atoms with Crippen LogP contribution in [0.15, 0.2) is 86.8 Å². The molecule has 0 aliphatic carbocycles. The first-order valence-corrected chi connectivity index (χ1v) is 13.3. The van der Waals surface area contributed by atoms with E-state index in [0.717, 1.165) is 16.3 Å². The minimum Gasteiger partial charge on any atom is -0.481 e. The van der Waals surface area contributed by atoms with Crippen LogP contribution in [0.1, 0.15) is 11.1 Å². The molecule has 0 heterocycles. The second-order valence-electron chi connectivity index (χ2n) is 7.89. The van der Waals surface area contributed by atoms with Crippen LogP contribution in [0.25, 0.3) is 10.8 Å². The number of benzene rings is 4. The lowest BCUT2D eigenvalue weighted by molar-refractivity contribution is -0.120. The topological polar surface area (TPSA) is 79.8 Å². The first kappa shape index (κ1) is 27.1. The Morgan fingerprint density at radius 2 is 1.62 bits per heavy atom. The van der Waals surface area contributed by atoms with Crippen LogP contribution in [-0.2, 0) is 16.0 Å². The Balaban J connectivity index is 1.33. The van der Waals surface area contributed by atoms with E-state index in [4.69, 9.17) is 27.9 Å². The molecule has 0 fully saturated rings. The maximum Gasteiger partial charge on any atom is 0.262 e. The van der Waals surface area contributed by atoms with Gasteiger partial charge in [0, 0.05) is 5.69 Å². The van der Waals surface area contributed by atoms with E-state index in [2.05, 4.69) is 47.7 Å². The maximum atomic E-state index is 12.4. The Morgan fingerprint density at radius 1 is 0.892 bits per heavy atom. The molecule has 0 unspecified atom stereocenters. The minimum absolute atomic E-state index is 0.211. The summed E-state index contributed by atoms with van der Waals surface area (Å²) in [4.78, 5) is 24.7. The highest BCUT2D eigenvalue weighted by Gasteiger charge is 2.12. The highest BCUT2D eigenvalue weighted by molar-refractivity contribution is 9.11. The molecule has 4 rings (SSSR count). The number of amides is 2. The van der Waals surface area contributed by atoms with E-state index in [0.29, 0.717) is 36.0 Å². The van der Waals surface area contributed by atoms with E-state index in [9.17, 15) is 9.59 Å². The van der Waals surface area contributed by atoms with Crippen molar-refractivity contribution in [3.05, 3.63) is 103 Å². The average Bonchev–Trinajstić information content (AvgIpc) is 2.86. The van der Waals surface area contributed by atoms with Crippen LogP contribution in [0.2, 0.25) is 10.0 Å². The highest BCUT2D eigenvalue weighted by atomic mass is 79.9. The summed E-state index contributed by atoms with van der Waals surface area (Å²) < 4.78 is 6.88. The zero-order valence-corrected chi connectivity index (χ0v) is 23.8. The molecule has 0 aromatic heterocycles. The van der Waals surface area contributed by atoms with Gasteiger partial charge in [-0.2, -0.15) is 5.10 Å². The first-order chi connectivity index (χ1) is 17.8. The predicted octanol–water partition coefficient (Wildman–Crippen LogP) is 7.38. The number of ether oxygens (including phenoxy) is 1. The normalized spacial score (nSPS) is 11.0. The highest BCUT2D eigenvalue weighted by Crippen LogP contribution is 2.34. The summed E-state index contributed by atoms with van der Waals surface area (Å²) in [6.07, 6.45) is 1.74. The lowest BCUT2D eigenvalue weighted by atomic mass is 10.0. The number of rotatable bonds is 8. The van der Waals surface area contributed by atoms with Gasteiger partial charge in [0.2, 0.25) is 5.91 Å². The van der Waals surface area contributed by atoms with E-state index in [1.54, 1.807) is 30.3 Å². The summed E-state index contributed by atoms with van der Waals surface area (Å²) in [6, 6.07) is 22.1. The van der Waals surface area contributed by atoms with Crippen LogP contribution in [0, 0.1) is 0 Å². The zero-order valence-electron chi connectivity index (χ0n) is 19.1. The van der Waals surface area contributed by atoms with Crippen LogP contribution in [-0.4, -0.2) is 24.6 Å². The van der Waals surface area contributed by atoms with Crippen molar-refractivity contribution in [2.75, 3.05) is 11.9 Å². The van der Waals surface area contributed by atoms with Crippen molar-refractivity contribution >= 4 is 89.6 Å². The van der Waals surface area contributed by atoms with Crippen molar-refractivity contribution in [3.8, 4) is 5.75 Å².